The molecule has 2 heteroatoms. The number of benzene rings is 2. The summed E-state index contributed by atoms with van der Waals surface area (Å²) in [6.45, 7) is 0.988. The molecule has 2 atom stereocenters. The largest absolute Gasteiger partial charge is 0.385 e. The van der Waals surface area contributed by atoms with Crippen LogP contribution in [0, 0.1) is 12.3 Å². The summed E-state index contributed by atoms with van der Waals surface area (Å²) in [5, 5.41) is 11.3. The van der Waals surface area contributed by atoms with Crippen LogP contribution in [-0.4, -0.2) is 22.1 Å². The summed E-state index contributed by atoms with van der Waals surface area (Å²) >= 11 is 0. The van der Waals surface area contributed by atoms with Gasteiger partial charge in [0.2, 0.25) is 0 Å². The number of hydrogen-bond acceptors (Lipinski definition) is 2. The molecule has 1 N–H and O–H groups in total. The third-order valence-corrected chi connectivity index (χ3v) is 5.71. The van der Waals surface area contributed by atoms with Crippen LogP contribution in [0.2, 0.25) is 0 Å². The van der Waals surface area contributed by atoms with E-state index in [1.165, 1.54) is 18.4 Å². The van der Waals surface area contributed by atoms with E-state index in [-0.39, 0.29) is 0 Å². The molecule has 0 aliphatic carbocycles. The molecule has 0 spiro atoms. The van der Waals surface area contributed by atoms with Gasteiger partial charge in [0.25, 0.3) is 0 Å². The molecule has 2 unspecified atom stereocenters. The van der Waals surface area contributed by atoms with E-state index in [4.69, 9.17) is 6.42 Å². The van der Waals surface area contributed by atoms with Gasteiger partial charge in [-0.25, -0.2) is 0 Å². The minimum absolute atomic E-state index is 0.460. The number of aliphatic hydroxyl groups is 1. The Morgan fingerprint density at radius 1 is 1.00 bits per heavy atom. The highest BCUT2D eigenvalue weighted by Crippen LogP contribution is 2.46. The molecule has 122 valence electrons. The second-order valence-electron chi connectivity index (χ2n) is 7.20. The number of nitrogens with zero attached hydrogens (tertiary/aromatic N) is 1. The maximum Gasteiger partial charge on any atom is 0.0926 e. The number of fused-ring (bicyclic) bond motifs is 2. The first-order chi connectivity index (χ1) is 11.7. The zero-order chi connectivity index (χ0) is 16.6. The van der Waals surface area contributed by atoms with Crippen LogP contribution in [0.5, 0.6) is 0 Å². The van der Waals surface area contributed by atoms with Gasteiger partial charge in [0.15, 0.2) is 0 Å². The van der Waals surface area contributed by atoms with Crippen molar-refractivity contribution in [2.75, 3.05) is 0 Å². The Kier molecular flexibility index (Phi) is 3.92. The van der Waals surface area contributed by atoms with Gasteiger partial charge in [0, 0.05) is 24.2 Å². The van der Waals surface area contributed by atoms with E-state index in [1.54, 1.807) is 0 Å². The number of piperidine rings is 1. The average molecular weight is 317 g/mol. The van der Waals surface area contributed by atoms with Gasteiger partial charge in [0.1, 0.15) is 0 Å². The highest BCUT2D eigenvalue weighted by Gasteiger charge is 2.47. The lowest BCUT2D eigenvalue weighted by Crippen LogP contribution is -2.49. The first-order valence-corrected chi connectivity index (χ1v) is 8.77. The molecule has 0 amide bonds. The number of terminal acetylenes is 1. The number of hydrogen-bond donors (Lipinski definition) is 1. The summed E-state index contributed by atoms with van der Waals surface area (Å²) in [6.07, 6.45) is 9.43. The van der Waals surface area contributed by atoms with Gasteiger partial charge >= 0.3 is 0 Å². The molecule has 2 aromatic carbocycles. The van der Waals surface area contributed by atoms with Crippen molar-refractivity contribution in [3.63, 3.8) is 0 Å². The predicted molar refractivity (Wildman–Crippen MR) is 96.3 cm³/mol. The van der Waals surface area contributed by atoms with Gasteiger partial charge in [-0.2, -0.15) is 0 Å². The number of rotatable bonds is 3. The minimum Gasteiger partial charge on any atom is -0.385 e. The highest BCUT2D eigenvalue weighted by molar-refractivity contribution is 5.36. The van der Waals surface area contributed by atoms with E-state index in [0.717, 1.165) is 30.5 Å². The molecular weight excluding hydrogens is 294 g/mol. The van der Waals surface area contributed by atoms with E-state index in [1.807, 2.05) is 24.3 Å². The predicted octanol–water partition coefficient (Wildman–Crippen LogP) is 3.68. The molecular formula is C22H23NO. The molecule has 2 saturated heterocycles. The van der Waals surface area contributed by atoms with Crippen LogP contribution in [0.25, 0.3) is 0 Å². The molecule has 2 bridgehead atoms. The SMILES string of the molecule is C#Cc1ccc(C2(O)CC3CCC(C2)N3Cc2ccccc2)cc1. The molecule has 2 heterocycles. The molecule has 2 aromatic rings. The summed E-state index contributed by atoms with van der Waals surface area (Å²) in [4.78, 5) is 2.60. The van der Waals surface area contributed by atoms with E-state index < -0.39 is 5.60 Å². The summed E-state index contributed by atoms with van der Waals surface area (Å²) in [6, 6.07) is 19.4. The molecule has 2 fully saturated rings. The molecule has 2 nitrogen and oxygen atoms in total. The molecule has 0 radical (unpaired) electrons. The van der Waals surface area contributed by atoms with Crippen molar-refractivity contribution in [1.82, 2.24) is 4.90 Å². The lowest BCUT2D eigenvalue weighted by Gasteiger charge is -2.44. The van der Waals surface area contributed by atoms with Gasteiger partial charge in [0.05, 0.1) is 5.60 Å². The van der Waals surface area contributed by atoms with Crippen molar-refractivity contribution in [2.24, 2.45) is 0 Å². The summed E-state index contributed by atoms with van der Waals surface area (Å²) in [5.41, 5.74) is 2.52. The Balaban J connectivity index is 1.54. The zero-order valence-corrected chi connectivity index (χ0v) is 13.9. The van der Waals surface area contributed by atoms with Crippen LogP contribution in [0.1, 0.15) is 42.4 Å². The van der Waals surface area contributed by atoms with E-state index in [2.05, 4.69) is 41.2 Å². The Morgan fingerprint density at radius 2 is 1.62 bits per heavy atom. The van der Waals surface area contributed by atoms with E-state index in [9.17, 15) is 5.11 Å². The molecule has 24 heavy (non-hydrogen) atoms. The minimum atomic E-state index is -0.716. The first kappa shape index (κ1) is 15.4. The van der Waals surface area contributed by atoms with Crippen LogP contribution in [0.4, 0.5) is 0 Å². The summed E-state index contributed by atoms with van der Waals surface area (Å²) < 4.78 is 0. The van der Waals surface area contributed by atoms with Crippen LogP contribution in [-0.2, 0) is 12.1 Å². The summed E-state index contributed by atoms with van der Waals surface area (Å²) in [7, 11) is 0. The molecule has 0 aromatic heterocycles. The third kappa shape index (κ3) is 2.75. The van der Waals surface area contributed by atoms with Crippen molar-refractivity contribution in [3.8, 4) is 12.3 Å². The summed E-state index contributed by atoms with van der Waals surface area (Å²) in [5.74, 6) is 2.64. The topological polar surface area (TPSA) is 23.5 Å². The van der Waals surface area contributed by atoms with Crippen molar-refractivity contribution in [2.45, 2.75) is 49.9 Å². The Hall–Kier alpha value is -2.08. The van der Waals surface area contributed by atoms with Crippen molar-refractivity contribution in [3.05, 3.63) is 71.3 Å². The maximum atomic E-state index is 11.3. The van der Waals surface area contributed by atoms with E-state index >= 15 is 0 Å². The van der Waals surface area contributed by atoms with Crippen LogP contribution < -0.4 is 0 Å². The van der Waals surface area contributed by atoms with E-state index in [0.29, 0.717) is 12.1 Å². The third-order valence-electron chi connectivity index (χ3n) is 5.71. The maximum absolute atomic E-state index is 11.3. The molecule has 4 rings (SSSR count). The quantitative estimate of drug-likeness (QED) is 0.873. The van der Waals surface area contributed by atoms with Crippen LogP contribution >= 0.6 is 0 Å². The highest BCUT2D eigenvalue weighted by atomic mass is 16.3. The molecule has 0 saturated carbocycles. The van der Waals surface area contributed by atoms with Gasteiger partial charge in [-0.05, 0) is 48.9 Å². The van der Waals surface area contributed by atoms with Gasteiger partial charge in [-0.15, -0.1) is 6.42 Å². The fourth-order valence-electron chi connectivity index (χ4n) is 4.48. The standard InChI is InChI=1S/C22H23NO/c1-2-17-8-10-19(11-9-17)22(24)14-20-12-13-21(15-22)23(20)16-18-6-4-3-5-7-18/h1,3-11,20-21,24H,12-16H2. The first-order valence-electron chi connectivity index (χ1n) is 8.77. The Morgan fingerprint density at radius 3 is 2.21 bits per heavy atom. The monoisotopic (exact) mass is 317 g/mol. The Bertz CT molecular complexity index is 730. The van der Waals surface area contributed by atoms with Crippen LogP contribution in [0.15, 0.2) is 54.6 Å². The normalized spacial score (nSPS) is 29.3. The van der Waals surface area contributed by atoms with Crippen molar-refractivity contribution in [1.29, 1.82) is 0 Å². The Labute approximate surface area is 144 Å². The fourth-order valence-corrected chi connectivity index (χ4v) is 4.48. The fraction of sp³-hybridized carbons (Fsp3) is 0.364. The van der Waals surface area contributed by atoms with Crippen molar-refractivity contribution >= 4 is 0 Å². The molecule has 2 aliphatic heterocycles. The lowest BCUT2D eigenvalue weighted by atomic mass is 9.80. The average Bonchev–Trinajstić information content (AvgIpc) is 2.86. The second kappa shape index (κ2) is 6.09. The van der Waals surface area contributed by atoms with Crippen molar-refractivity contribution < 1.29 is 5.11 Å². The van der Waals surface area contributed by atoms with Crippen LogP contribution in [0.3, 0.4) is 0 Å². The lowest BCUT2D eigenvalue weighted by molar-refractivity contribution is -0.0595. The smallest absolute Gasteiger partial charge is 0.0926 e. The van der Waals surface area contributed by atoms with Gasteiger partial charge < -0.3 is 5.11 Å². The second-order valence-corrected chi connectivity index (χ2v) is 7.20. The molecule has 2 aliphatic rings. The van der Waals surface area contributed by atoms with Gasteiger partial charge in [-0.3, -0.25) is 4.90 Å². The van der Waals surface area contributed by atoms with Gasteiger partial charge in [-0.1, -0.05) is 48.4 Å². The zero-order valence-electron chi connectivity index (χ0n) is 13.9.